The predicted molar refractivity (Wildman–Crippen MR) is 81.2 cm³/mol. The standard InChI is InChI=1S/C15H21N5O/c1-15(2,9-16)10-19(3)14(21)12-4-5-18-13(8-12)20-7-6-17-11-20/h4-8,11H,9-10,16H2,1-3H3. The second-order valence-corrected chi connectivity index (χ2v) is 5.90. The first-order valence-corrected chi connectivity index (χ1v) is 6.83. The van der Waals surface area contributed by atoms with Crippen LogP contribution in [0.2, 0.25) is 0 Å². The number of nitrogens with two attached hydrogens (primary N) is 1. The zero-order chi connectivity index (χ0) is 15.5. The fourth-order valence-electron chi connectivity index (χ4n) is 2.09. The van der Waals surface area contributed by atoms with E-state index in [-0.39, 0.29) is 11.3 Å². The molecule has 2 heterocycles. The van der Waals surface area contributed by atoms with Crippen molar-refractivity contribution in [3.05, 3.63) is 42.6 Å². The van der Waals surface area contributed by atoms with Crippen molar-refractivity contribution in [2.45, 2.75) is 13.8 Å². The molecule has 0 bridgehead atoms. The van der Waals surface area contributed by atoms with Crippen molar-refractivity contribution in [1.82, 2.24) is 19.4 Å². The number of imidazole rings is 1. The number of amides is 1. The molecule has 0 aliphatic heterocycles. The third-order valence-electron chi connectivity index (χ3n) is 3.33. The molecule has 21 heavy (non-hydrogen) atoms. The van der Waals surface area contributed by atoms with Gasteiger partial charge >= 0.3 is 0 Å². The molecule has 2 N–H and O–H groups in total. The molecular weight excluding hydrogens is 266 g/mol. The monoisotopic (exact) mass is 287 g/mol. The fraction of sp³-hybridized carbons (Fsp3) is 0.400. The Hall–Kier alpha value is -2.21. The van der Waals surface area contributed by atoms with E-state index in [0.717, 1.165) is 0 Å². The Morgan fingerprint density at radius 1 is 1.43 bits per heavy atom. The second-order valence-electron chi connectivity index (χ2n) is 5.90. The topological polar surface area (TPSA) is 77.0 Å². The van der Waals surface area contributed by atoms with Crippen molar-refractivity contribution in [1.29, 1.82) is 0 Å². The van der Waals surface area contributed by atoms with Crippen LogP contribution in [-0.2, 0) is 0 Å². The van der Waals surface area contributed by atoms with Crippen molar-refractivity contribution in [3.8, 4) is 5.82 Å². The Labute approximate surface area is 124 Å². The zero-order valence-corrected chi connectivity index (χ0v) is 12.7. The van der Waals surface area contributed by atoms with Crippen LogP contribution in [0.3, 0.4) is 0 Å². The average molecular weight is 287 g/mol. The van der Waals surface area contributed by atoms with E-state index in [9.17, 15) is 4.79 Å². The summed E-state index contributed by atoms with van der Waals surface area (Å²) < 4.78 is 1.76. The number of rotatable bonds is 5. The maximum absolute atomic E-state index is 12.5. The highest BCUT2D eigenvalue weighted by Crippen LogP contribution is 2.16. The third-order valence-corrected chi connectivity index (χ3v) is 3.33. The third kappa shape index (κ3) is 3.66. The van der Waals surface area contributed by atoms with Crippen LogP contribution in [0, 0.1) is 5.41 Å². The summed E-state index contributed by atoms with van der Waals surface area (Å²) in [5, 5.41) is 0. The second kappa shape index (κ2) is 6.05. The lowest BCUT2D eigenvalue weighted by Gasteiger charge is -2.29. The molecule has 0 fully saturated rings. The van der Waals surface area contributed by atoms with Crippen LogP contribution in [0.25, 0.3) is 5.82 Å². The van der Waals surface area contributed by atoms with Gasteiger partial charge in [-0.15, -0.1) is 0 Å². The van der Waals surface area contributed by atoms with Crippen molar-refractivity contribution in [2.24, 2.45) is 11.1 Å². The van der Waals surface area contributed by atoms with Gasteiger partial charge in [0.05, 0.1) is 0 Å². The van der Waals surface area contributed by atoms with Gasteiger partial charge in [0.15, 0.2) is 0 Å². The highest BCUT2D eigenvalue weighted by atomic mass is 16.2. The quantitative estimate of drug-likeness (QED) is 0.900. The van der Waals surface area contributed by atoms with Crippen molar-refractivity contribution in [3.63, 3.8) is 0 Å². The Morgan fingerprint density at radius 2 is 2.19 bits per heavy atom. The van der Waals surface area contributed by atoms with Gasteiger partial charge in [-0.1, -0.05) is 13.8 Å². The molecule has 0 aliphatic carbocycles. The first-order valence-electron chi connectivity index (χ1n) is 6.83. The van der Waals surface area contributed by atoms with Gasteiger partial charge < -0.3 is 10.6 Å². The molecule has 0 atom stereocenters. The van der Waals surface area contributed by atoms with E-state index in [4.69, 9.17) is 5.73 Å². The Morgan fingerprint density at radius 3 is 2.81 bits per heavy atom. The molecule has 2 rings (SSSR count). The minimum atomic E-state index is -0.107. The van der Waals surface area contributed by atoms with E-state index in [2.05, 4.69) is 9.97 Å². The Bertz CT molecular complexity index is 606. The van der Waals surface area contributed by atoms with Gasteiger partial charge in [0.25, 0.3) is 5.91 Å². The largest absolute Gasteiger partial charge is 0.341 e. The summed E-state index contributed by atoms with van der Waals surface area (Å²) in [7, 11) is 1.79. The van der Waals surface area contributed by atoms with E-state index in [1.165, 1.54) is 0 Å². The number of hydrogen-bond donors (Lipinski definition) is 1. The van der Waals surface area contributed by atoms with E-state index >= 15 is 0 Å². The van der Waals surface area contributed by atoms with E-state index in [1.54, 1.807) is 53.6 Å². The number of carbonyl (C=O) groups is 1. The number of nitrogens with zero attached hydrogens (tertiary/aromatic N) is 4. The Kier molecular flexibility index (Phi) is 4.37. The minimum absolute atomic E-state index is 0.0414. The average Bonchev–Trinajstić information content (AvgIpc) is 3.00. The number of pyridine rings is 1. The van der Waals surface area contributed by atoms with Crippen molar-refractivity contribution >= 4 is 5.91 Å². The summed E-state index contributed by atoms with van der Waals surface area (Å²) in [6.45, 7) is 5.22. The Balaban J connectivity index is 2.18. The summed E-state index contributed by atoms with van der Waals surface area (Å²) >= 11 is 0. The molecule has 112 valence electrons. The van der Waals surface area contributed by atoms with Crippen LogP contribution in [0.5, 0.6) is 0 Å². The van der Waals surface area contributed by atoms with Crippen LogP contribution < -0.4 is 5.73 Å². The normalized spacial score (nSPS) is 11.4. The minimum Gasteiger partial charge on any atom is -0.341 e. The molecule has 1 amide bonds. The van der Waals surface area contributed by atoms with Crippen LogP contribution in [-0.4, -0.2) is 45.5 Å². The molecule has 0 saturated carbocycles. The highest BCUT2D eigenvalue weighted by Gasteiger charge is 2.22. The van der Waals surface area contributed by atoms with Gasteiger partial charge in [-0.2, -0.15) is 0 Å². The molecule has 6 heteroatoms. The van der Waals surface area contributed by atoms with Gasteiger partial charge in [0, 0.05) is 37.7 Å². The summed E-state index contributed by atoms with van der Waals surface area (Å²) in [5.74, 6) is 0.630. The molecule has 0 radical (unpaired) electrons. The van der Waals surface area contributed by atoms with Gasteiger partial charge in [0.1, 0.15) is 12.1 Å². The molecular formula is C15H21N5O. The smallest absolute Gasteiger partial charge is 0.253 e. The van der Waals surface area contributed by atoms with Crippen LogP contribution in [0.4, 0.5) is 0 Å². The summed E-state index contributed by atoms with van der Waals surface area (Å²) in [4.78, 5) is 22.4. The highest BCUT2D eigenvalue weighted by molar-refractivity contribution is 5.94. The van der Waals surface area contributed by atoms with Gasteiger partial charge in [-0.05, 0) is 24.1 Å². The van der Waals surface area contributed by atoms with Crippen LogP contribution >= 0.6 is 0 Å². The number of carbonyl (C=O) groups excluding carboxylic acids is 1. The maximum Gasteiger partial charge on any atom is 0.253 e. The lowest BCUT2D eigenvalue weighted by Crippen LogP contribution is -2.39. The zero-order valence-electron chi connectivity index (χ0n) is 12.7. The van der Waals surface area contributed by atoms with E-state index in [1.807, 2.05) is 13.8 Å². The van der Waals surface area contributed by atoms with Crippen molar-refractivity contribution < 1.29 is 4.79 Å². The summed E-state index contributed by atoms with van der Waals surface area (Å²) in [6, 6.07) is 3.48. The molecule has 6 nitrogen and oxygen atoms in total. The van der Waals surface area contributed by atoms with Crippen molar-refractivity contribution in [2.75, 3.05) is 20.1 Å². The van der Waals surface area contributed by atoms with Crippen LogP contribution in [0.15, 0.2) is 37.1 Å². The fourth-order valence-corrected chi connectivity index (χ4v) is 2.09. The SMILES string of the molecule is CN(CC(C)(C)CN)C(=O)c1ccnc(-n2ccnc2)c1. The predicted octanol–water partition coefficient (Wildman–Crippen LogP) is 1.32. The molecule has 0 unspecified atom stereocenters. The molecule has 2 aromatic heterocycles. The van der Waals surface area contributed by atoms with E-state index in [0.29, 0.717) is 24.5 Å². The lowest BCUT2D eigenvalue weighted by molar-refractivity contribution is 0.0740. The van der Waals surface area contributed by atoms with Gasteiger partial charge in [-0.25, -0.2) is 9.97 Å². The lowest BCUT2D eigenvalue weighted by atomic mass is 9.93. The first-order chi connectivity index (χ1) is 9.93. The summed E-state index contributed by atoms with van der Waals surface area (Å²) in [6.07, 6.45) is 6.74. The molecule has 0 aromatic carbocycles. The number of aromatic nitrogens is 3. The van der Waals surface area contributed by atoms with Crippen LogP contribution in [0.1, 0.15) is 24.2 Å². The first kappa shape index (κ1) is 15.2. The molecule has 0 aliphatic rings. The van der Waals surface area contributed by atoms with Gasteiger partial charge in [-0.3, -0.25) is 9.36 Å². The molecule has 2 aromatic rings. The number of hydrogen-bond acceptors (Lipinski definition) is 4. The van der Waals surface area contributed by atoms with E-state index < -0.39 is 0 Å². The summed E-state index contributed by atoms with van der Waals surface area (Å²) in [5.41, 5.74) is 6.22. The molecule has 0 saturated heterocycles. The molecule has 0 spiro atoms. The van der Waals surface area contributed by atoms with Gasteiger partial charge in [0.2, 0.25) is 0 Å². The maximum atomic E-state index is 12.5.